The first-order valence-corrected chi connectivity index (χ1v) is 13.5. The zero-order valence-electron chi connectivity index (χ0n) is 21.5. The maximum Gasteiger partial charge on any atom is 0.290 e. The highest BCUT2D eigenvalue weighted by Crippen LogP contribution is 2.25. The van der Waals surface area contributed by atoms with Crippen LogP contribution in [0.15, 0.2) is 24.3 Å². The Labute approximate surface area is 213 Å². The summed E-state index contributed by atoms with van der Waals surface area (Å²) in [5.41, 5.74) is 1.77. The van der Waals surface area contributed by atoms with E-state index in [0.717, 1.165) is 23.9 Å². The third-order valence-electron chi connectivity index (χ3n) is 7.30. The second kappa shape index (κ2) is 11.3. The van der Waals surface area contributed by atoms with Crippen molar-refractivity contribution in [1.82, 2.24) is 24.7 Å². The molecule has 1 aromatic heterocycles. The van der Waals surface area contributed by atoms with E-state index in [4.69, 9.17) is 14.5 Å². The van der Waals surface area contributed by atoms with Crippen molar-refractivity contribution < 1.29 is 19.1 Å². The fraction of sp³-hybridized carbons (Fsp3) is 0.667. The summed E-state index contributed by atoms with van der Waals surface area (Å²) in [6.07, 6.45) is 3.27. The van der Waals surface area contributed by atoms with Gasteiger partial charge in [0.15, 0.2) is 5.82 Å². The van der Waals surface area contributed by atoms with Gasteiger partial charge in [0.2, 0.25) is 5.91 Å². The predicted octanol–water partition coefficient (Wildman–Crippen LogP) is 2.15. The van der Waals surface area contributed by atoms with E-state index in [2.05, 4.69) is 19.2 Å². The molecule has 3 fully saturated rings. The molecule has 3 heterocycles. The molecule has 2 aliphatic heterocycles. The number of carbonyl (C=O) groups excluding carboxylic acids is 2. The number of piperidine rings is 1. The number of benzene rings is 1. The van der Waals surface area contributed by atoms with E-state index in [0.29, 0.717) is 83.4 Å². The molecule has 0 spiro atoms. The molecule has 36 heavy (non-hydrogen) atoms. The van der Waals surface area contributed by atoms with Crippen molar-refractivity contribution in [3.63, 3.8) is 0 Å². The van der Waals surface area contributed by atoms with Gasteiger partial charge in [-0.05, 0) is 37.3 Å². The van der Waals surface area contributed by atoms with Gasteiger partial charge in [-0.25, -0.2) is 4.98 Å². The van der Waals surface area contributed by atoms with Crippen molar-refractivity contribution in [1.29, 1.82) is 0 Å². The van der Waals surface area contributed by atoms with Crippen LogP contribution in [0.2, 0.25) is 0 Å². The number of nitrogens with zero attached hydrogens (tertiary/aromatic N) is 4. The second-order valence-electron chi connectivity index (χ2n) is 10.7. The van der Waals surface area contributed by atoms with Crippen molar-refractivity contribution in [3.8, 4) is 0 Å². The summed E-state index contributed by atoms with van der Waals surface area (Å²) in [4.78, 5) is 36.0. The number of morpholine rings is 1. The Hall–Kier alpha value is -2.49. The number of para-hydroxylation sites is 2. The van der Waals surface area contributed by atoms with Crippen molar-refractivity contribution in [2.45, 2.75) is 51.8 Å². The van der Waals surface area contributed by atoms with E-state index in [1.807, 2.05) is 38.6 Å². The van der Waals surface area contributed by atoms with Crippen LogP contribution >= 0.6 is 0 Å². The lowest BCUT2D eigenvalue weighted by Gasteiger charge is -2.40. The van der Waals surface area contributed by atoms with E-state index >= 15 is 0 Å². The first kappa shape index (κ1) is 25.2. The van der Waals surface area contributed by atoms with Gasteiger partial charge in [0.25, 0.3) is 5.91 Å². The number of fused-ring (bicyclic) bond motifs is 1. The Morgan fingerprint density at radius 2 is 1.97 bits per heavy atom. The number of hydrogen-bond donors (Lipinski definition) is 1. The lowest BCUT2D eigenvalue weighted by atomic mass is 9.92. The molecule has 0 radical (unpaired) electrons. The molecule has 196 valence electrons. The molecular formula is C27H39N5O4. The van der Waals surface area contributed by atoms with E-state index in [1.165, 1.54) is 0 Å². The minimum atomic E-state index is -0.143. The zero-order chi connectivity index (χ0) is 25.1. The Kier molecular flexibility index (Phi) is 7.88. The molecule has 9 heteroatoms. The first-order chi connectivity index (χ1) is 17.5. The quantitative estimate of drug-likeness (QED) is 0.571. The average molecular weight is 498 g/mol. The number of rotatable bonds is 9. The Morgan fingerprint density at radius 1 is 1.19 bits per heavy atom. The molecule has 3 aliphatic rings. The molecule has 9 nitrogen and oxygen atoms in total. The summed E-state index contributed by atoms with van der Waals surface area (Å²) in [6, 6.07) is 7.83. The number of carbonyl (C=O) groups is 2. The van der Waals surface area contributed by atoms with Gasteiger partial charge in [0.05, 0.1) is 42.9 Å². The van der Waals surface area contributed by atoms with Crippen LogP contribution in [0.4, 0.5) is 0 Å². The normalized spacial score (nSPS) is 22.8. The number of nitrogens with one attached hydrogen (secondary N) is 1. The molecule has 2 aromatic rings. The molecule has 1 saturated carbocycles. The highest BCUT2D eigenvalue weighted by atomic mass is 16.5. The van der Waals surface area contributed by atoms with E-state index in [-0.39, 0.29) is 23.8 Å². The Bertz CT molecular complexity index is 1060. The maximum absolute atomic E-state index is 14.1. The number of amides is 2. The van der Waals surface area contributed by atoms with Crippen LogP contribution in [0, 0.1) is 11.8 Å². The maximum atomic E-state index is 14.1. The molecule has 2 amide bonds. The Morgan fingerprint density at radius 3 is 2.72 bits per heavy atom. The van der Waals surface area contributed by atoms with Crippen molar-refractivity contribution in [2.75, 3.05) is 52.5 Å². The molecule has 2 saturated heterocycles. The van der Waals surface area contributed by atoms with Crippen LogP contribution in [0.5, 0.6) is 0 Å². The molecule has 1 aliphatic carbocycles. The van der Waals surface area contributed by atoms with Crippen LogP contribution in [-0.4, -0.2) is 95.9 Å². The highest BCUT2D eigenvalue weighted by molar-refractivity contribution is 5.95. The summed E-state index contributed by atoms with van der Waals surface area (Å²) in [5, 5.41) is 3.44. The SMILES string of the molecule is CC(C)CN(C(=O)c1nc2ccccc2n1CCOC1CC1)C1CNC[C@H](C(=O)N2CCOCC2)C1. The minimum Gasteiger partial charge on any atom is -0.378 e. The fourth-order valence-electron chi connectivity index (χ4n) is 5.32. The number of ether oxygens (including phenoxy) is 2. The van der Waals surface area contributed by atoms with Crippen molar-refractivity contribution in [3.05, 3.63) is 30.1 Å². The van der Waals surface area contributed by atoms with Gasteiger partial charge in [-0.15, -0.1) is 0 Å². The highest BCUT2D eigenvalue weighted by Gasteiger charge is 2.36. The summed E-state index contributed by atoms with van der Waals surface area (Å²) in [5.74, 6) is 0.697. The summed E-state index contributed by atoms with van der Waals surface area (Å²) < 4.78 is 13.3. The third kappa shape index (κ3) is 5.74. The molecule has 1 N–H and O–H groups in total. The van der Waals surface area contributed by atoms with Crippen molar-refractivity contribution >= 4 is 22.8 Å². The fourth-order valence-corrected chi connectivity index (χ4v) is 5.32. The van der Waals surface area contributed by atoms with Gasteiger partial charge >= 0.3 is 0 Å². The van der Waals surface area contributed by atoms with Gasteiger partial charge < -0.3 is 29.2 Å². The van der Waals surface area contributed by atoms with Gasteiger partial charge in [0, 0.05) is 45.3 Å². The number of hydrogen-bond acceptors (Lipinski definition) is 6. The van der Waals surface area contributed by atoms with Crippen LogP contribution in [0.25, 0.3) is 11.0 Å². The molecule has 1 unspecified atom stereocenters. The average Bonchev–Trinajstić information content (AvgIpc) is 3.66. The van der Waals surface area contributed by atoms with Crippen LogP contribution in [0.3, 0.4) is 0 Å². The number of aromatic nitrogens is 2. The van der Waals surface area contributed by atoms with Gasteiger partial charge in [-0.1, -0.05) is 26.0 Å². The van der Waals surface area contributed by atoms with Crippen LogP contribution < -0.4 is 5.32 Å². The molecule has 5 rings (SSSR count). The molecular weight excluding hydrogens is 458 g/mol. The lowest BCUT2D eigenvalue weighted by molar-refractivity contribution is -0.140. The van der Waals surface area contributed by atoms with E-state index in [9.17, 15) is 9.59 Å². The molecule has 0 bridgehead atoms. The van der Waals surface area contributed by atoms with Gasteiger partial charge in [-0.3, -0.25) is 9.59 Å². The van der Waals surface area contributed by atoms with Gasteiger partial charge in [-0.2, -0.15) is 0 Å². The molecule has 1 aromatic carbocycles. The summed E-state index contributed by atoms with van der Waals surface area (Å²) in [7, 11) is 0. The van der Waals surface area contributed by atoms with E-state index in [1.54, 1.807) is 0 Å². The smallest absolute Gasteiger partial charge is 0.290 e. The summed E-state index contributed by atoms with van der Waals surface area (Å²) in [6.45, 7) is 9.81. The topological polar surface area (TPSA) is 88.9 Å². The lowest BCUT2D eigenvalue weighted by Crippen LogP contribution is -2.56. The monoisotopic (exact) mass is 497 g/mol. The second-order valence-corrected chi connectivity index (χ2v) is 10.7. The Balaban J connectivity index is 1.37. The minimum absolute atomic E-state index is 0.0698. The number of imidazole rings is 1. The zero-order valence-corrected chi connectivity index (χ0v) is 21.5. The molecule has 2 atom stereocenters. The van der Waals surface area contributed by atoms with Crippen LogP contribution in [0.1, 0.15) is 43.7 Å². The first-order valence-electron chi connectivity index (χ1n) is 13.5. The van der Waals surface area contributed by atoms with Crippen molar-refractivity contribution in [2.24, 2.45) is 11.8 Å². The third-order valence-corrected chi connectivity index (χ3v) is 7.30. The van der Waals surface area contributed by atoms with Crippen LogP contribution in [-0.2, 0) is 20.8 Å². The largest absolute Gasteiger partial charge is 0.378 e. The summed E-state index contributed by atoms with van der Waals surface area (Å²) >= 11 is 0. The van der Waals surface area contributed by atoms with E-state index < -0.39 is 0 Å². The standard InChI is InChI=1S/C27H39N5O4/c1-19(2)18-32(21-15-20(16-28-17-21)26(33)30-9-12-35-13-10-30)27(34)25-29-23-5-3-4-6-24(23)31(25)11-14-36-22-7-8-22/h3-6,19-22,28H,7-18H2,1-2H3/t20-,21?/m1/s1. The predicted molar refractivity (Wildman–Crippen MR) is 137 cm³/mol. The van der Waals surface area contributed by atoms with Gasteiger partial charge in [0.1, 0.15) is 0 Å².